The smallest absolute Gasteiger partial charge is 0.317 e. The summed E-state index contributed by atoms with van der Waals surface area (Å²) in [4.78, 5) is 33.3. The van der Waals surface area contributed by atoms with Gasteiger partial charge < -0.3 is 15.1 Å². The summed E-state index contributed by atoms with van der Waals surface area (Å²) in [7, 11) is 0. The highest BCUT2D eigenvalue weighted by Gasteiger charge is 2.41. The molecule has 0 unspecified atom stereocenters. The zero-order valence-corrected chi connectivity index (χ0v) is 17.4. The first kappa shape index (κ1) is 20.2. The summed E-state index contributed by atoms with van der Waals surface area (Å²) >= 11 is 0. The number of nitrogens with one attached hydrogen (secondary N) is 1. The van der Waals surface area contributed by atoms with Crippen LogP contribution in [0.1, 0.15) is 63.4 Å². The number of carbonyl (C=O) groups excluding carboxylic acids is 2. The van der Waals surface area contributed by atoms with Crippen LogP contribution in [0.2, 0.25) is 0 Å². The van der Waals surface area contributed by atoms with E-state index in [1.54, 1.807) is 0 Å². The molecule has 29 heavy (non-hydrogen) atoms. The molecule has 1 aromatic rings. The molecule has 0 radical (unpaired) electrons. The Bertz CT molecular complexity index is 694. The minimum Gasteiger partial charge on any atom is -0.342 e. The Morgan fingerprint density at radius 3 is 2.55 bits per heavy atom. The second-order valence-corrected chi connectivity index (χ2v) is 9.19. The van der Waals surface area contributed by atoms with Gasteiger partial charge in [-0.2, -0.15) is 0 Å². The van der Waals surface area contributed by atoms with Gasteiger partial charge in [0.25, 0.3) is 0 Å². The van der Waals surface area contributed by atoms with Crippen LogP contribution in [0.25, 0.3) is 0 Å². The van der Waals surface area contributed by atoms with Crippen molar-refractivity contribution in [2.45, 2.75) is 70.3 Å². The molecule has 1 aromatic heterocycles. The maximum Gasteiger partial charge on any atom is 0.317 e. The van der Waals surface area contributed by atoms with Gasteiger partial charge in [0.1, 0.15) is 0 Å². The Balaban J connectivity index is 1.27. The van der Waals surface area contributed by atoms with Crippen molar-refractivity contribution in [1.82, 2.24) is 20.1 Å². The van der Waals surface area contributed by atoms with E-state index in [1.165, 1.54) is 24.8 Å². The zero-order chi connectivity index (χ0) is 20.1. The van der Waals surface area contributed by atoms with E-state index in [1.807, 2.05) is 29.4 Å². The van der Waals surface area contributed by atoms with Crippen LogP contribution in [-0.4, -0.2) is 58.9 Å². The van der Waals surface area contributed by atoms with Gasteiger partial charge in [-0.05, 0) is 61.6 Å². The number of nitrogens with zero attached hydrogens (tertiary/aromatic N) is 3. The Hall–Kier alpha value is -2.11. The lowest BCUT2D eigenvalue weighted by Gasteiger charge is -2.47. The normalized spacial score (nSPS) is 22.7. The highest BCUT2D eigenvalue weighted by molar-refractivity contribution is 5.77. The predicted molar refractivity (Wildman–Crippen MR) is 112 cm³/mol. The molecule has 4 rings (SSSR count). The fraction of sp³-hybridized carbons (Fsp3) is 0.696. The van der Waals surface area contributed by atoms with Crippen molar-refractivity contribution in [3.63, 3.8) is 0 Å². The predicted octanol–water partition coefficient (Wildman–Crippen LogP) is 3.37. The summed E-state index contributed by atoms with van der Waals surface area (Å²) in [6, 6.07) is 4.53. The maximum absolute atomic E-state index is 12.7. The molecule has 0 bridgehead atoms. The van der Waals surface area contributed by atoms with Gasteiger partial charge in [0.05, 0.1) is 0 Å². The third-order valence-electron chi connectivity index (χ3n) is 7.21. The van der Waals surface area contributed by atoms with Gasteiger partial charge >= 0.3 is 6.03 Å². The molecule has 1 N–H and O–H groups in total. The first-order valence-corrected chi connectivity index (χ1v) is 11.4. The molecule has 0 atom stereocenters. The van der Waals surface area contributed by atoms with Crippen molar-refractivity contribution < 1.29 is 9.59 Å². The van der Waals surface area contributed by atoms with E-state index in [0.717, 1.165) is 64.7 Å². The Kier molecular flexibility index (Phi) is 6.36. The molecule has 3 heterocycles. The SMILES string of the molecule is O=C1CCC2(CCN(C(=O)NC3CCCCC3)CC2)CN1CCc1ccncc1. The minimum absolute atomic E-state index is 0.119. The number of piperidine rings is 2. The number of carbonyl (C=O) groups is 2. The second kappa shape index (κ2) is 9.14. The molecule has 1 aliphatic carbocycles. The van der Waals surface area contributed by atoms with Crippen molar-refractivity contribution in [2.75, 3.05) is 26.2 Å². The molecule has 3 fully saturated rings. The number of likely N-dealkylation sites (tertiary alicyclic amines) is 2. The molecule has 6 heteroatoms. The van der Waals surface area contributed by atoms with E-state index >= 15 is 0 Å². The van der Waals surface area contributed by atoms with Crippen LogP contribution in [0, 0.1) is 5.41 Å². The summed E-state index contributed by atoms with van der Waals surface area (Å²) in [5.41, 5.74) is 1.41. The third-order valence-corrected chi connectivity index (χ3v) is 7.21. The largest absolute Gasteiger partial charge is 0.342 e. The lowest BCUT2D eigenvalue weighted by molar-refractivity contribution is -0.138. The molecule has 6 nitrogen and oxygen atoms in total. The van der Waals surface area contributed by atoms with Crippen LogP contribution < -0.4 is 5.32 Å². The summed E-state index contributed by atoms with van der Waals surface area (Å²) in [5, 5.41) is 3.25. The minimum atomic E-state index is 0.119. The highest BCUT2D eigenvalue weighted by atomic mass is 16.2. The third kappa shape index (κ3) is 5.09. The van der Waals surface area contributed by atoms with Crippen molar-refractivity contribution in [1.29, 1.82) is 0 Å². The van der Waals surface area contributed by atoms with E-state index in [0.29, 0.717) is 12.5 Å². The average molecular weight is 399 g/mol. The second-order valence-electron chi connectivity index (χ2n) is 9.19. The van der Waals surface area contributed by atoms with Gasteiger partial charge in [0, 0.05) is 51.0 Å². The lowest BCUT2D eigenvalue weighted by Crippen LogP contribution is -2.54. The number of urea groups is 1. The molecule has 0 aromatic carbocycles. The van der Waals surface area contributed by atoms with E-state index < -0.39 is 0 Å². The fourth-order valence-electron chi connectivity index (χ4n) is 5.22. The van der Waals surface area contributed by atoms with E-state index in [2.05, 4.69) is 15.2 Å². The Morgan fingerprint density at radius 1 is 1.10 bits per heavy atom. The Morgan fingerprint density at radius 2 is 1.83 bits per heavy atom. The van der Waals surface area contributed by atoms with Gasteiger partial charge in [0.15, 0.2) is 0 Å². The summed E-state index contributed by atoms with van der Waals surface area (Å²) in [6.45, 7) is 3.24. The number of pyridine rings is 1. The molecular weight excluding hydrogens is 364 g/mol. The number of hydrogen-bond donors (Lipinski definition) is 1. The Labute approximate surface area is 174 Å². The van der Waals surface area contributed by atoms with Crippen molar-refractivity contribution in [3.05, 3.63) is 30.1 Å². The van der Waals surface area contributed by atoms with Crippen molar-refractivity contribution in [3.8, 4) is 0 Å². The number of rotatable bonds is 4. The summed E-state index contributed by atoms with van der Waals surface area (Å²) in [6.07, 6.45) is 14.1. The molecule has 2 saturated heterocycles. The maximum atomic E-state index is 12.7. The fourth-order valence-corrected chi connectivity index (χ4v) is 5.22. The highest BCUT2D eigenvalue weighted by Crippen LogP contribution is 2.40. The van der Waals surface area contributed by atoms with Crippen LogP contribution in [0.15, 0.2) is 24.5 Å². The molecule has 158 valence electrons. The zero-order valence-electron chi connectivity index (χ0n) is 17.4. The quantitative estimate of drug-likeness (QED) is 0.846. The van der Waals surface area contributed by atoms with Gasteiger partial charge in [-0.15, -0.1) is 0 Å². The first-order chi connectivity index (χ1) is 14.1. The van der Waals surface area contributed by atoms with Gasteiger partial charge in [-0.3, -0.25) is 9.78 Å². The van der Waals surface area contributed by atoms with Crippen molar-refractivity contribution in [2.24, 2.45) is 5.41 Å². The number of aromatic nitrogens is 1. The molecule has 3 amide bonds. The molecule has 2 aliphatic heterocycles. The standard InChI is InChI=1S/C23H34N4O2/c28-21-6-10-23(18-27(21)15-9-19-7-13-24-14-8-19)11-16-26(17-12-23)22(29)25-20-4-2-1-3-5-20/h7-8,13-14,20H,1-6,9-12,15-18H2,(H,25,29). The average Bonchev–Trinajstić information content (AvgIpc) is 2.76. The number of amides is 3. The first-order valence-electron chi connectivity index (χ1n) is 11.4. The topological polar surface area (TPSA) is 65.5 Å². The molecule has 3 aliphatic rings. The van der Waals surface area contributed by atoms with Crippen LogP contribution in [0.3, 0.4) is 0 Å². The van der Waals surface area contributed by atoms with Gasteiger partial charge in [-0.1, -0.05) is 19.3 Å². The van der Waals surface area contributed by atoms with Gasteiger partial charge in [0.2, 0.25) is 5.91 Å². The van der Waals surface area contributed by atoms with E-state index in [9.17, 15) is 9.59 Å². The lowest BCUT2D eigenvalue weighted by atomic mass is 9.72. The van der Waals surface area contributed by atoms with E-state index in [-0.39, 0.29) is 17.4 Å². The summed E-state index contributed by atoms with van der Waals surface area (Å²) < 4.78 is 0. The monoisotopic (exact) mass is 398 g/mol. The van der Waals surface area contributed by atoms with Crippen LogP contribution in [0.4, 0.5) is 4.79 Å². The molecule has 1 spiro atoms. The number of hydrogen-bond acceptors (Lipinski definition) is 3. The van der Waals surface area contributed by atoms with E-state index in [4.69, 9.17) is 0 Å². The molecule has 1 saturated carbocycles. The van der Waals surface area contributed by atoms with Crippen LogP contribution in [-0.2, 0) is 11.2 Å². The summed E-state index contributed by atoms with van der Waals surface area (Å²) in [5.74, 6) is 0.280. The van der Waals surface area contributed by atoms with Crippen LogP contribution in [0.5, 0.6) is 0 Å². The van der Waals surface area contributed by atoms with Crippen LogP contribution >= 0.6 is 0 Å². The molecular formula is C23H34N4O2. The van der Waals surface area contributed by atoms with Gasteiger partial charge in [-0.25, -0.2) is 4.79 Å². The van der Waals surface area contributed by atoms with Crippen molar-refractivity contribution >= 4 is 11.9 Å².